The van der Waals surface area contributed by atoms with E-state index in [0.29, 0.717) is 16.8 Å². The van der Waals surface area contributed by atoms with Crippen LogP contribution < -0.4 is 10.0 Å². The maximum atomic E-state index is 12.1. The van der Waals surface area contributed by atoms with Gasteiger partial charge in [0.2, 0.25) is 10.0 Å². The van der Waals surface area contributed by atoms with Crippen molar-refractivity contribution in [2.75, 3.05) is 25.1 Å². The number of rotatable bonds is 11. The van der Waals surface area contributed by atoms with Gasteiger partial charge in [-0.3, -0.25) is 0 Å². The zero-order chi connectivity index (χ0) is 15.7. The summed E-state index contributed by atoms with van der Waals surface area (Å²) >= 11 is 3.15. The highest BCUT2D eigenvalue weighted by Crippen LogP contribution is 2.21. The topological polar surface area (TPSA) is 58.2 Å². The molecule has 0 amide bonds. The van der Waals surface area contributed by atoms with E-state index in [1.165, 1.54) is 11.3 Å². The number of sulfonamides is 1. The van der Waals surface area contributed by atoms with Crippen LogP contribution in [0.4, 0.5) is 0 Å². The minimum atomic E-state index is -3.33. The summed E-state index contributed by atoms with van der Waals surface area (Å²) in [6.07, 6.45) is 4.86. The van der Waals surface area contributed by atoms with Crippen molar-refractivity contribution in [3.05, 3.63) is 17.0 Å². The lowest BCUT2D eigenvalue weighted by Gasteiger charge is -2.06. The smallest absolute Gasteiger partial charge is 0.250 e. The van der Waals surface area contributed by atoms with E-state index in [1.807, 2.05) is 6.07 Å². The summed E-state index contributed by atoms with van der Waals surface area (Å²) in [5.41, 5.74) is 0. The Morgan fingerprint density at radius 3 is 2.67 bits per heavy atom. The summed E-state index contributed by atoms with van der Waals surface area (Å²) < 4.78 is 27.4. The third-order valence-corrected chi connectivity index (χ3v) is 6.69. The predicted octanol–water partition coefficient (Wildman–Crippen LogP) is 2.71. The summed E-state index contributed by atoms with van der Waals surface area (Å²) in [6, 6.07) is 4.07. The molecule has 122 valence electrons. The Bertz CT molecular complexity index is 498. The van der Waals surface area contributed by atoms with Crippen LogP contribution in [0.1, 0.15) is 31.6 Å². The Labute approximate surface area is 137 Å². The molecule has 21 heavy (non-hydrogen) atoms. The van der Waals surface area contributed by atoms with Gasteiger partial charge in [-0.1, -0.05) is 13.8 Å². The highest BCUT2D eigenvalue weighted by molar-refractivity contribution is 7.98. The molecule has 0 aliphatic rings. The third-order valence-electron chi connectivity index (χ3n) is 2.89. The molecule has 0 radical (unpaired) electrons. The van der Waals surface area contributed by atoms with E-state index in [2.05, 4.69) is 30.1 Å². The lowest BCUT2D eigenvalue weighted by Crippen LogP contribution is -2.24. The lowest BCUT2D eigenvalue weighted by molar-refractivity contribution is 0.580. The van der Waals surface area contributed by atoms with Crippen molar-refractivity contribution < 1.29 is 8.42 Å². The van der Waals surface area contributed by atoms with Gasteiger partial charge in [0.1, 0.15) is 4.21 Å². The van der Waals surface area contributed by atoms with Crippen LogP contribution in [-0.2, 0) is 16.4 Å². The fraction of sp³-hybridized carbons (Fsp3) is 0.714. The van der Waals surface area contributed by atoms with Crippen LogP contribution in [0, 0.1) is 0 Å². The van der Waals surface area contributed by atoms with Gasteiger partial charge in [-0.25, -0.2) is 13.1 Å². The number of hydrogen-bond donors (Lipinski definition) is 2. The number of thiophene rings is 1. The van der Waals surface area contributed by atoms with Gasteiger partial charge in [0.15, 0.2) is 0 Å². The van der Waals surface area contributed by atoms with E-state index >= 15 is 0 Å². The molecule has 0 bridgehead atoms. The van der Waals surface area contributed by atoms with Crippen molar-refractivity contribution >= 4 is 33.1 Å². The molecule has 0 fully saturated rings. The van der Waals surface area contributed by atoms with Crippen LogP contribution in [0.3, 0.4) is 0 Å². The van der Waals surface area contributed by atoms with Crippen molar-refractivity contribution in [1.82, 2.24) is 10.0 Å². The van der Waals surface area contributed by atoms with Crippen molar-refractivity contribution in [1.29, 1.82) is 0 Å². The largest absolute Gasteiger partial charge is 0.314 e. The Hall–Kier alpha value is -0.0800. The van der Waals surface area contributed by atoms with Crippen LogP contribution in [0.5, 0.6) is 0 Å². The average Bonchev–Trinajstić information content (AvgIpc) is 2.87. The van der Waals surface area contributed by atoms with Gasteiger partial charge in [-0.15, -0.1) is 11.3 Å². The number of unbranched alkanes of at least 4 members (excludes halogenated alkanes) is 1. The summed E-state index contributed by atoms with van der Waals surface area (Å²) in [5.74, 6) is 1.08. The molecule has 1 heterocycles. The molecule has 0 atom stereocenters. The Morgan fingerprint density at radius 1 is 1.24 bits per heavy atom. The lowest BCUT2D eigenvalue weighted by atomic mass is 10.3. The van der Waals surface area contributed by atoms with Gasteiger partial charge >= 0.3 is 0 Å². The summed E-state index contributed by atoms with van der Waals surface area (Å²) in [7, 11) is -3.33. The second kappa shape index (κ2) is 9.84. The van der Waals surface area contributed by atoms with Gasteiger partial charge in [0.25, 0.3) is 0 Å². The highest BCUT2D eigenvalue weighted by atomic mass is 32.2. The van der Waals surface area contributed by atoms with Crippen molar-refractivity contribution in [3.8, 4) is 0 Å². The summed E-state index contributed by atoms with van der Waals surface area (Å²) in [5, 5.41) is 3.34. The van der Waals surface area contributed by atoms with Gasteiger partial charge in [-0.2, -0.15) is 11.8 Å². The minimum Gasteiger partial charge on any atom is -0.314 e. The van der Waals surface area contributed by atoms with Crippen molar-refractivity contribution in [3.63, 3.8) is 0 Å². The zero-order valence-corrected chi connectivity index (χ0v) is 15.5. The molecule has 0 aromatic carbocycles. The maximum Gasteiger partial charge on any atom is 0.250 e. The molecule has 2 N–H and O–H groups in total. The molecule has 7 heteroatoms. The maximum absolute atomic E-state index is 12.1. The van der Waals surface area contributed by atoms with Crippen LogP contribution in [0.15, 0.2) is 16.3 Å². The minimum absolute atomic E-state index is 0.423. The van der Waals surface area contributed by atoms with E-state index in [9.17, 15) is 8.42 Å². The molecule has 4 nitrogen and oxygen atoms in total. The molecule has 0 saturated carbocycles. The second-order valence-corrected chi connectivity index (χ2v) is 9.32. The standard InChI is InChI=1S/C14H26N2O2S3/c1-12(2)15-10-8-13-6-7-14(20-13)21(17,18)16-9-4-5-11-19-3/h6-7,12,15-16H,4-5,8-11H2,1-3H3. The molecule has 0 aliphatic carbocycles. The van der Waals surface area contributed by atoms with Crippen LogP contribution in [0.2, 0.25) is 0 Å². The molecule has 0 spiro atoms. The monoisotopic (exact) mass is 350 g/mol. The predicted molar refractivity (Wildman–Crippen MR) is 94.0 cm³/mol. The zero-order valence-electron chi connectivity index (χ0n) is 13.0. The highest BCUT2D eigenvalue weighted by Gasteiger charge is 2.15. The average molecular weight is 351 g/mol. The van der Waals surface area contributed by atoms with Gasteiger partial charge in [0.05, 0.1) is 0 Å². The van der Waals surface area contributed by atoms with E-state index in [0.717, 1.165) is 36.4 Å². The molecule has 1 aromatic heterocycles. The molecule has 1 aromatic rings. The van der Waals surface area contributed by atoms with E-state index in [4.69, 9.17) is 0 Å². The fourth-order valence-corrected chi connectivity index (χ4v) is 4.74. The van der Waals surface area contributed by atoms with Gasteiger partial charge in [0, 0.05) is 24.0 Å². The Morgan fingerprint density at radius 2 is 2.00 bits per heavy atom. The van der Waals surface area contributed by atoms with Crippen LogP contribution in [-0.4, -0.2) is 39.6 Å². The van der Waals surface area contributed by atoms with E-state index in [1.54, 1.807) is 17.8 Å². The third kappa shape index (κ3) is 7.65. The normalized spacial score (nSPS) is 12.2. The molecule has 0 saturated heterocycles. The SMILES string of the molecule is CSCCCCNS(=O)(=O)c1ccc(CCNC(C)C)s1. The first kappa shape index (κ1) is 19.0. The Kier molecular flexibility index (Phi) is 8.89. The fourth-order valence-electron chi connectivity index (χ4n) is 1.77. The van der Waals surface area contributed by atoms with Crippen LogP contribution in [0.25, 0.3) is 0 Å². The van der Waals surface area contributed by atoms with E-state index in [-0.39, 0.29) is 0 Å². The van der Waals surface area contributed by atoms with Crippen LogP contribution >= 0.6 is 23.1 Å². The number of nitrogens with one attached hydrogen (secondary N) is 2. The number of hydrogen-bond acceptors (Lipinski definition) is 5. The first-order valence-electron chi connectivity index (χ1n) is 7.26. The molecule has 1 rings (SSSR count). The molecule has 0 unspecified atom stereocenters. The number of thioether (sulfide) groups is 1. The Balaban J connectivity index is 2.42. The van der Waals surface area contributed by atoms with Gasteiger partial charge in [-0.05, 0) is 43.4 Å². The first-order chi connectivity index (χ1) is 9.95. The van der Waals surface area contributed by atoms with Crippen molar-refractivity contribution in [2.24, 2.45) is 0 Å². The second-order valence-electron chi connectivity index (χ2n) is 5.18. The molecule has 0 aliphatic heterocycles. The van der Waals surface area contributed by atoms with E-state index < -0.39 is 10.0 Å². The summed E-state index contributed by atoms with van der Waals surface area (Å²) in [4.78, 5) is 1.10. The van der Waals surface area contributed by atoms with Crippen molar-refractivity contribution in [2.45, 2.75) is 43.4 Å². The quantitative estimate of drug-likeness (QED) is 0.603. The first-order valence-corrected chi connectivity index (χ1v) is 11.0. The van der Waals surface area contributed by atoms with Gasteiger partial charge < -0.3 is 5.32 Å². The molecular formula is C14H26N2O2S3. The summed E-state index contributed by atoms with van der Waals surface area (Å²) in [6.45, 7) is 5.60. The molecular weight excluding hydrogens is 324 g/mol.